The highest BCUT2D eigenvalue weighted by Gasteiger charge is 2.21. The largest absolute Gasteiger partial charge is 0.380 e. The molecule has 0 spiro atoms. The van der Waals surface area contributed by atoms with Gasteiger partial charge in [-0.25, -0.2) is 13.1 Å². The fraction of sp³-hybridized carbons (Fsp3) is 0.500. The Bertz CT molecular complexity index is 497. The average Bonchev–Trinajstić information content (AvgIpc) is 2.82. The summed E-state index contributed by atoms with van der Waals surface area (Å²) in [4.78, 5) is 0.337. The van der Waals surface area contributed by atoms with Crippen molar-refractivity contribution in [2.24, 2.45) is 0 Å². The number of sulfonamides is 1. The number of hydrogen-bond acceptors (Lipinski definition) is 4. The van der Waals surface area contributed by atoms with Gasteiger partial charge in [0.05, 0.1) is 5.69 Å². The van der Waals surface area contributed by atoms with E-state index in [1.54, 1.807) is 19.1 Å². The van der Waals surface area contributed by atoms with Gasteiger partial charge in [0.15, 0.2) is 0 Å². The SMILES string of the molecule is CCNS(=O)(=O)c1ccccc1NC1CCSC1. The molecule has 0 amide bonds. The van der Waals surface area contributed by atoms with Gasteiger partial charge in [-0.3, -0.25) is 0 Å². The van der Waals surface area contributed by atoms with Crippen molar-refractivity contribution in [2.75, 3.05) is 23.4 Å². The summed E-state index contributed by atoms with van der Waals surface area (Å²) in [5.74, 6) is 2.18. The minimum absolute atomic E-state index is 0.337. The van der Waals surface area contributed by atoms with Crippen molar-refractivity contribution in [3.63, 3.8) is 0 Å². The Morgan fingerprint density at radius 2 is 2.17 bits per heavy atom. The number of benzene rings is 1. The second-order valence-corrected chi connectivity index (χ2v) is 7.09. The highest BCUT2D eigenvalue weighted by Crippen LogP contribution is 2.25. The molecule has 2 rings (SSSR count). The predicted octanol–water partition coefficient (Wildman–Crippen LogP) is 1.90. The van der Waals surface area contributed by atoms with E-state index in [0.717, 1.165) is 17.9 Å². The number of nitrogens with one attached hydrogen (secondary N) is 2. The molecular formula is C12H18N2O2S2. The van der Waals surface area contributed by atoms with Crippen LogP contribution < -0.4 is 10.0 Å². The molecule has 0 radical (unpaired) electrons. The number of thioether (sulfide) groups is 1. The van der Waals surface area contributed by atoms with Crippen molar-refractivity contribution in [1.29, 1.82) is 0 Å². The second kappa shape index (κ2) is 5.95. The topological polar surface area (TPSA) is 58.2 Å². The zero-order valence-corrected chi connectivity index (χ0v) is 12.0. The highest BCUT2D eigenvalue weighted by atomic mass is 32.2. The molecule has 1 aliphatic rings. The lowest BCUT2D eigenvalue weighted by atomic mass is 10.2. The van der Waals surface area contributed by atoms with Gasteiger partial charge in [0.25, 0.3) is 0 Å². The van der Waals surface area contributed by atoms with Gasteiger partial charge in [0.2, 0.25) is 10.0 Å². The van der Waals surface area contributed by atoms with Crippen LogP contribution >= 0.6 is 11.8 Å². The van der Waals surface area contributed by atoms with Crippen molar-refractivity contribution in [3.05, 3.63) is 24.3 Å². The van der Waals surface area contributed by atoms with Crippen LogP contribution in [0.25, 0.3) is 0 Å². The third-order valence-corrected chi connectivity index (χ3v) is 5.57. The molecule has 1 aromatic rings. The molecule has 6 heteroatoms. The minimum Gasteiger partial charge on any atom is -0.380 e. The predicted molar refractivity (Wildman–Crippen MR) is 76.7 cm³/mol. The normalized spacial score (nSPS) is 19.9. The first-order chi connectivity index (χ1) is 8.63. The van der Waals surface area contributed by atoms with E-state index in [2.05, 4.69) is 10.0 Å². The number of rotatable bonds is 5. The minimum atomic E-state index is -3.40. The Labute approximate surface area is 113 Å². The highest BCUT2D eigenvalue weighted by molar-refractivity contribution is 7.99. The van der Waals surface area contributed by atoms with Crippen LogP contribution in [-0.4, -0.2) is 32.5 Å². The van der Waals surface area contributed by atoms with E-state index in [1.807, 2.05) is 23.9 Å². The van der Waals surface area contributed by atoms with Gasteiger partial charge < -0.3 is 5.32 Å². The summed E-state index contributed by atoms with van der Waals surface area (Å²) in [6, 6.07) is 7.44. The smallest absolute Gasteiger partial charge is 0.242 e. The molecular weight excluding hydrogens is 268 g/mol. The van der Waals surface area contributed by atoms with E-state index in [9.17, 15) is 8.42 Å². The van der Waals surface area contributed by atoms with Gasteiger partial charge in [-0.2, -0.15) is 11.8 Å². The molecule has 18 heavy (non-hydrogen) atoms. The van der Waals surface area contributed by atoms with E-state index >= 15 is 0 Å². The number of anilines is 1. The van der Waals surface area contributed by atoms with Crippen LogP contribution in [0.5, 0.6) is 0 Å². The first kappa shape index (κ1) is 13.7. The Kier molecular flexibility index (Phi) is 4.53. The van der Waals surface area contributed by atoms with Crippen LogP contribution in [0.15, 0.2) is 29.2 Å². The van der Waals surface area contributed by atoms with Crippen molar-refractivity contribution in [1.82, 2.24) is 4.72 Å². The fourth-order valence-corrected chi connectivity index (χ4v) is 4.32. The van der Waals surface area contributed by atoms with Gasteiger partial charge in [-0.05, 0) is 24.3 Å². The Morgan fingerprint density at radius 3 is 2.83 bits per heavy atom. The molecule has 1 aliphatic heterocycles. The molecule has 100 valence electrons. The van der Waals surface area contributed by atoms with Gasteiger partial charge in [-0.1, -0.05) is 19.1 Å². The first-order valence-corrected chi connectivity index (χ1v) is 8.70. The summed E-state index contributed by atoms with van der Waals surface area (Å²) in [6.07, 6.45) is 1.08. The summed E-state index contributed by atoms with van der Waals surface area (Å²) in [7, 11) is -3.40. The van der Waals surface area contributed by atoms with Gasteiger partial charge >= 0.3 is 0 Å². The maximum atomic E-state index is 12.1. The molecule has 0 bridgehead atoms. The fourth-order valence-electron chi connectivity index (χ4n) is 1.96. The van der Waals surface area contributed by atoms with Gasteiger partial charge in [-0.15, -0.1) is 0 Å². The van der Waals surface area contributed by atoms with E-state index in [1.165, 1.54) is 0 Å². The average molecular weight is 286 g/mol. The summed E-state index contributed by atoms with van der Waals surface area (Å²) in [5, 5.41) is 3.33. The van der Waals surface area contributed by atoms with E-state index < -0.39 is 10.0 Å². The van der Waals surface area contributed by atoms with Crippen LogP contribution in [-0.2, 0) is 10.0 Å². The van der Waals surface area contributed by atoms with Crippen LogP contribution in [0.3, 0.4) is 0 Å². The lowest BCUT2D eigenvalue weighted by Gasteiger charge is -2.16. The standard InChI is InChI=1S/C12H18N2O2S2/c1-2-13-18(15,16)12-6-4-3-5-11(12)14-10-7-8-17-9-10/h3-6,10,13-14H,2,7-9H2,1H3. The molecule has 1 atom stereocenters. The van der Waals surface area contributed by atoms with Crippen LogP contribution in [0.1, 0.15) is 13.3 Å². The Morgan fingerprint density at radius 1 is 1.39 bits per heavy atom. The lowest BCUT2D eigenvalue weighted by Crippen LogP contribution is -2.26. The first-order valence-electron chi connectivity index (χ1n) is 6.06. The van der Waals surface area contributed by atoms with Gasteiger partial charge in [0, 0.05) is 18.3 Å². The summed E-state index contributed by atoms with van der Waals surface area (Å²) in [5.41, 5.74) is 0.700. The molecule has 1 unspecified atom stereocenters. The van der Waals surface area contributed by atoms with E-state index in [-0.39, 0.29) is 0 Å². The van der Waals surface area contributed by atoms with E-state index in [4.69, 9.17) is 0 Å². The summed E-state index contributed by atoms with van der Waals surface area (Å²) in [6.45, 7) is 2.18. The summed E-state index contributed by atoms with van der Waals surface area (Å²) < 4.78 is 26.7. The molecule has 0 aliphatic carbocycles. The van der Waals surface area contributed by atoms with Crippen molar-refractivity contribution in [2.45, 2.75) is 24.3 Å². The molecule has 1 aromatic carbocycles. The van der Waals surface area contributed by atoms with Crippen molar-refractivity contribution < 1.29 is 8.42 Å². The van der Waals surface area contributed by atoms with Gasteiger partial charge in [0.1, 0.15) is 4.90 Å². The Hall–Kier alpha value is -0.720. The summed E-state index contributed by atoms with van der Waals surface area (Å²) >= 11 is 1.90. The zero-order chi connectivity index (χ0) is 13.0. The lowest BCUT2D eigenvalue weighted by molar-refractivity contribution is 0.584. The van der Waals surface area contributed by atoms with Crippen molar-refractivity contribution >= 4 is 27.5 Å². The molecule has 1 saturated heterocycles. The maximum Gasteiger partial charge on any atom is 0.242 e. The monoisotopic (exact) mass is 286 g/mol. The maximum absolute atomic E-state index is 12.1. The molecule has 1 heterocycles. The number of para-hydroxylation sites is 1. The molecule has 0 saturated carbocycles. The van der Waals surface area contributed by atoms with Crippen LogP contribution in [0, 0.1) is 0 Å². The third-order valence-electron chi connectivity index (χ3n) is 2.80. The number of hydrogen-bond donors (Lipinski definition) is 2. The molecule has 0 aromatic heterocycles. The van der Waals surface area contributed by atoms with Crippen molar-refractivity contribution in [3.8, 4) is 0 Å². The Balaban J connectivity index is 2.24. The zero-order valence-electron chi connectivity index (χ0n) is 10.3. The van der Waals surface area contributed by atoms with E-state index in [0.29, 0.717) is 23.2 Å². The second-order valence-electron chi connectivity index (χ2n) is 4.20. The molecule has 4 nitrogen and oxygen atoms in total. The van der Waals surface area contributed by atoms with Crippen LogP contribution in [0.2, 0.25) is 0 Å². The molecule has 2 N–H and O–H groups in total. The quantitative estimate of drug-likeness (QED) is 0.868. The van der Waals surface area contributed by atoms with Crippen LogP contribution in [0.4, 0.5) is 5.69 Å². The third kappa shape index (κ3) is 3.18. The molecule has 1 fully saturated rings.